The molecular formula is C66H128N16O11. The van der Waals surface area contributed by atoms with Crippen molar-refractivity contribution in [2.24, 2.45) is 75.8 Å². The van der Waals surface area contributed by atoms with E-state index in [-0.39, 0.29) is 112 Å². The summed E-state index contributed by atoms with van der Waals surface area (Å²) in [5, 5.41) is 28.1. The van der Waals surface area contributed by atoms with Gasteiger partial charge in [0.1, 0.15) is 60.4 Å². The number of amides is 11. The second kappa shape index (κ2) is 47.8. The van der Waals surface area contributed by atoms with Crippen molar-refractivity contribution in [2.75, 3.05) is 26.2 Å². The van der Waals surface area contributed by atoms with Crippen LogP contribution in [0.1, 0.15) is 219 Å². The Morgan fingerprint density at radius 3 is 0.591 bits per heavy atom. The molecule has 0 heterocycles. The molecule has 11 atom stereocenters. The third-order valence-electron chi connectivity index (χ3n) is 15.5. The summed E-state index contributed by atoms with van der Waals surface area (Å²) in [4.78, 5) is 154. The fourth-order valence-electron chi connectivity index (χ4n) is 10.6. The maximum absolute atomic E-state index is 14.6. The average Bonchev–Trinajstić information content (AvgIpc) is 1.72. The Morgan fingerprint density at radius 1 is 0.237 bits per heavy atom. The largest absolute Gasteiger partial charge is 0.368 e. The lowest BCUT2D eigenvalue weighted by Gasteiger charge is -2.30. The van der Waals surface area contributed by atoms with Crippen molar-refractivity contribution < 1.29 is 52.7 Å². The van der Waals surface area contributed by atoms with E-state index in [4.69, 9.17) is 34.4 Å². The first-order valence-electron chi connectivity index (χ1n) is 34.5. The molecule has 11 amide bonds. The molecule has 0 saturated carbocycles. The highest BCUT2D eigenvalue weighted by atomic mass is 16.2. The summed E-state index contributed by atoms with van der Waals surface area (Å²) in [5.41, 5.74) is 34.9. The van der Waals surface area contributed by atoms with Gasteiger partial charge in [-0.2, -0.15) is 0 Å². The van der Waals surface area contributed by atoms with Gasteiger partial charge in [-0.1, -0.05) is 103 Å². The van der Waals surface area contributed by atoms with Crippen molar-refractivity contribution in [3.8, 4) is 0 Å². The van der Waals surface area contributed by atoms with E-state index in [0.29, 0.717) is 77.4 Å². The zero-order valence-electron chi connectivity index (χ0n) is 59.1. The fourth-order valence-corrected chi connectivity index (χ4v) is 10.6. The van der Waals surface area contributed by atoms with Crippen LogP contribution in [0.3, 0.4) is 0 Å². The van der Waals surface area contributed by atoms with Crippen LogP contribution in [-0.2, 0) is 52.7 Å². The lowest BCUT2D eigenvalue weighted by Crippen LogP contribution is -2.61. The molecule has 93 heavy (non-hydrogen) atoms. The lowest BCUT2D eigenvalue weighted by molar-refractivity contribution is -0.136. The van der Waals surface area contributed by atoms with Crippen molar-refractivity contribution in [2.45, 2.75) is 285 Å². The van der Waals surface area contributed by atoms with Gasteiger partial charge in [-0.05, 0) is 183 Å². The number of nitrogens with one attached hydrogen (secondary N) is 10. The maximum Gasteiger partial charge on any atom is 0.243 e. The van der Waals surface area contributed by atoms with Gasteiger partial charge in [-0.3, -0.25) is 52.7 Å². The average molecular weight is 1320 g/mol. The Labute approximate surface area is 556 Å². The van der Waals surface area contributed by atoms with Crippen LogP contribution >= 0.6 is 0 Å². The Morgan fingerprint density at radius 2 is 0.398 bits per heavy atom. The standard InChI is InChI=1S/C66H128N16O11/c1-38(2)31-49(56(72)83)76-63(90)52(34-41(7)8)82-66(93)55(37-44(13)14)79-60(87)48(26-18-22-30-70)75-62(89)51(33-40(5)6)81-65(92)54(36-43(11)12)78-59(86)47(25-17-21-29-69)74-61(88)50(32-39(3)4)80-64(91)53(35-42(9)10)77-58(85)46(24-16-20-28-68)73-57(84)45(71)23-15-19-27-67/h38-55H,15-37,67-71H2,1-14H3,(H2,72,83)(H,73,84)(H,74,88)(H,75,89)(H,76,90)(H,77,85)(H,78,86)(H,79,87)(H,80,91)(H,81,92)(H,82,93)/t45?,46?,47?,48?,49?,50?,51?,52?,53?,54-,55?/m0/s1. The Balaban J connectivity index is 7.03. The van der Waals surface area contributed by atoms with E-state index in [9.17, 15) is 52.7 Å². The topological polar surface area (TPSA) is 464 Å². The monoisotopic (exact) mass is 1320 g/mol. The van der Waals surface area contributed by atoms with Gasteiger partial charge >= 0.3 is 0 Å². The van der Waals surface area contributed by atoms with Crippen LogP contribution in [-0.4, -0.2) is 158 Å². The number of carbonyl (C=O) groups is 11. The molecule has 0 aromatic carbocycles. The first kappa shape index (κ1) is 87.0. The third kappa shape index (κ3) is 38.2. The molecule has 0 saturated heterocycles. The number of unbranched alkanes of at least 4 members (excludes halogenated alkanes) is 4. The van der Waals surface area contributed by atoms with E-state index in [0.717, 1.165) is 0 Å². The molecule has 0 aromatic rings. The SMILES string of the molecule is CC(C)CC(NC(=O)C(CC(C)C)NC(=O)C(CC(C)C)NC(=O)C(CCCCN)NC(=O)C(CC(C)C)NC(=O)[C@H](CC(C)C)NC(=O)C(CCCCN)NC(=O)C(CC(C)C)NC(=O)C(CC(C)C)NC(=O)C(CCCCN)NC(=O)C(N)CCCCN)C(N)=O. The molecule has 0 aliphatic carbocycles. The Bertz CT molecular complexity index is 2270. The quantitative estimate of drug-likeness (QED) is 0.0384. The highest BCUT2D eigenvalue weighted by Gasteiger charge is 2.37. The van der Waals surface area contributed by atoms with Gasteiger partial charge in [-0.15, -0.1) is 0 Å². The zero-order valence-corrected chi connectivity index (χ0v) is 59.1. The lowest BCUT2D eigenvalue weighted by atomic mass is 9.98. The maximum atomic E-state index is 14.6. The van der Waals surface area contributed by atoms with Crippen LogP contribution in [0.4, 0.5) is 0 Å². The second-order valence-corrected chi connectivity index (χ2v) is 28.2. The highest BCUT2D eigenvalue weighted by molar-refractivity contribution is 5.99. The van der Waals surface area contributed by atoms with Crippen LogP contribution in [0.5, 0.6) is 0 Å². The van der Waals surface area contributed by atoms with Gasteiger partial charge < -0.3 is 87.6 Å². The molecule has 22 N–H and O–H groups in total. The molecule has 0 spiro atoms. The second-order valence-electron chi connectivity index (χ2n) is 28.2. The molecule has 27 nitrogen and oxygen atoms in total. The van der Waals surface area contributed by atoms with E-state index in [1.807, 2.05) is 96.9 Å². The number of nitrogens with two attached hydrogens (primary N) is 6. The summed E-state index contributed by atoms with van der Waals surface area (Å²) in [6.07, 6.45) is 6.18. The van der Waals surface area contributed by atoms with Gasteiger partial charge in [0, 0.05) is 0 Å². The number of hydrogen-bond donors (Lipinski definition) is 16. The Hall–Kier alpha value is -6.03. The minimum atomic E-state index is -1.23. The van der Waals surface area contributed by atoms with E-state index in [1.165, 1.54) is 0 Å². The van der Waals surface area contributed by atoms with Crippen molar-refractivity contribution in [1.29, 1.82) is 0 Å². The summed E-state index contributed by atoms with van der Waals surface area (Å²) in [7, 11) is 0. The molecule has 0 rings (SSSR count). The molecule has 27 heteroatoms. The van der Waals surface area contributed by atoms with Gasteiger partial charge in [0.05, 0.1) is 6.04 Å². The van der Waals surface area contributed by atoms with Gasteiger partial charge in [-0.25, -0.2) is 0 Å². The molecule has 0 aromatic heterocycles. The van der Waals surface area contributed by atoms with E-state index in [1.54, 1.807) is 0 Å². The molecule has 0 fully saturated rings. The molecule has 538 valence electrons. The molecule has 0 bridgehead atoms. The normalized spacial score (nSPS) is 15.2. The third-order valence-corrected chi connectivity index (χ3v) is 15.5. The van der Waals surface area contributed by atoms with Crippen LogP contribution in [0.25, 0.3) is 0 Å². The number of rotatable bonds is 51. The minimum Gasteiger partial charge on any atom is -0.368 e. The summed E-state index contributed by atoms with van der Waals surface area (Å²) in [6.45, 7) is 27.5. The first-order valence-corrected chi connectivity index (χ1v) is 34.5. The molecular weight excluding hydrogens is 1190 g/mol. The number of hydrogen-bond acceptors (Lipinski definition) is 16. The van der Waals surface area contributed by atoms with E-state index in [2.05, 4.69) is 53.2 Å². The summed E-state index contributed by atoms with van der Waals surface area (Å²) in [6, 6.07) is -12.3. The Kier molecular flexibility index (Phi) is 44.7. The number of carbonyl (C=O) groups excluding carboxylic acids is 11. The van der Waals surface area contributed by atoms with Crippen LogP contribution < -0.4 is 87.6 Å². The summed E-state index contributed by atoms with van der Waals surface area (Å²) >= 11 is 0. The van der Waals surface area contributed by atoms with Crippen molar-refractivity contribution in [3.05, 3.63) is 0 Å². The number of primary amides is 1. The highest BCUT2D eigenvalue weighted by Crippen LogP contribution is 2.17. The van der Waals surface area contributed by atoms with Gasteiger partial charge in [0.25, 0.3) is 0 Å². The van der Waals surface area contributed by atoms with Crippen molar-refractivity contribution >= 4 is 65.0 Å². The van der Waals surface area contributed by atoms with Crippen LogP contribution in [0, 0.1) is 41.4 Å². The molecule has 10 unspecified atom stereocenters. The van der Waals surface area contributed by atoms with E-state index < -0.39 is 131 Å². The van der Waals surface area contributed by atoms with Gasteiger partial charge in [0.2, 0.25) is 65.0 Å². The summed E-state index contributed by atoms with van der Waals surface area (Å²) in [5.74, 6) is -7.99. The van der Waals surface area contributed by atoms with E-state index >= 15 is 0 Å². The fraction of sp³-hybridized carbons (Fsp3) is 0.833. The van der Waals surface area contributed by atoms with Crippen LogP contribution in [0.15, 0.2) is 0 Å². The molecule has 0 radical (unpaired) electrons. The minimum absolute atomic E-state index is 0.0280. The molecule has 0 aliphatic rings. The van der Waals surface area contributed by atoms with Crippen molar-refractivity contribution in [3.63, 3.8) is 0 Å². The zero-order chi connectivity index (χ0) is 71.1. The predicted octanol–water partition coefficient (Wildman–Crippen LogP) is 1.49. The summed E-state index contributed by atoms with van der Waals surface area (Å²) < 4.78 is 0. The molecule has 0 aliphatic heterocycles. The predicted molar refractivity (Wildman–Crippen MR) is 364 cm³/mol. The van der Waals surface area contributed by atoms with Crippen LogP contribution in [0.2, 0.25) is 0 Å². The van der Waals surface area contributed by atoms with Crippen molar-refractivity contribution in [1.82, 2.24) is 53.2 Å². The van der Waals surface area contributed by atoms with Gasteiger partial charge in [0.15, 0.2) is 0 Å². The smallest absolute Gasteiger partial charge is 0.243 e. The first-order chi connectivity index (χ1) is 43.6.